The van der Waals surface area contributed by atoms with E-state index in [-0.39, 0.29) is 11.4 Å². The number of carbonyl (C=O) groups excluding carboxylic acids is 1. The lowest BCUT2D eigenvalue weighted by atomic mass is 10.4. The van der Waals surface area contributed by atoms with Crippen molar-refractivity contribution in [1.82, 2.24) is 5.32 Å². The molecule has 1 saturated heterocycles. The fourth-order valence-corrected chi connectivity index (χ4v) is 0.994. The monoisotopic (exact) mass is 200 g/mol. The molecule has 5 nitrogen and oxygen atoms in total. The second-order valence-electron chi connectivity index (χ2n) is 2.74. The van der Waals surface area contributed by atoms with Gasteiger partial charge >= 0.3 is 0 Å². The number of nitrogens with one attached hydrogen (secondary N) is 1. The number of furan rings is 1. The Morgan fingerprint density at radius 1 is 1.57 bits per heavy atom. The third-order valence-electron chi connectivity index (χ3n) is 1.68. The fourth-order valence-electron chi connectivity index (χ4n) is 0.994. The molecule has 1 aromatic heterocycles. The van der Waals surface area contributed by atoms with Gasteiger partial charge in [-0.3, -0.25) is 4.79 Å². The highest BCUT2D eigenvalue weighted by atomic mass is 16.3. The Morgan fingerprint density at radius 2 is 2.36 bits per heavy atom. The first kappa shape index (κ1) is 12.7. The smallest absolute Gasteiger partial charge is 0.220 e. The normalized spacial score (nSPS) is 13.6. The number of hydrogen-bond donors (Lipinski definition) is 2. The predicted molar refractivity (Wildman–Crippen MR) is 52.5 cm³/mol. The number of rotatable bonds is 1. The summed E-state index contributed by atoms with van der Waals surface area (Å²) in [4.78, 5) is 10.1. The molecule has 2 heterocycles. The summed E-state index contributed by atoms with van der Waals surface area (Å²) in [5, 5.41) is 2.68. The third kappa shape index (κ3) is 4.64. The predicted octanol–water partition coefficient (Wildman–Crippen LogP) is -0.190. The molecule has 0 unspecified atom stereocenters. The highest BCUT2D eigenvalue weighted by molar-refractivity contribution is 5.77. The molecule has 1 amide bonds. The van der Waals surface area contributed by atoms with Crippen LogP contribution in [0, 0.1) is 0 Å². The van der Waals surface area contributed by atoms with E-state index in [0.717, 1.165) is 25.1 Å². The molecule has 5 heteroatoms. The molecule has 2 rings (SSSR count). The molecule has 5 N–H and O–H groups in total. The van der Waals surface area contributed by atoms with E-state index in [1.54, 1.807) is 6.26 Å². The van der Waals surface area contributed by atoms with Crippen LogP contribution < -0.4 is 11.1 Å². The van der Waals surface area contributed by atoms with Crippen molar-refractivity contribution < 1.29 is 14.7 Å². The molecule has 80 valence electrons. The minimum Gasteiger partial charge on any atom is -0.468 e. The van der Waals surface area contributed by atoms with Crippen molar-refractivity contribution in [3.05, 3.63) is 24.2 Å². The van der Waals surface area contributed by atoms with Crippen LogP contribution in [0.15, 0.2) is 22.8 Å². The first-order valence-electron chi connectivity index (χ1n) is 4.32. The molecule has 1 aromatic rings. The summed E-state index contributed by atoms with van der Waals surface area (Å²) in [6.07, 6.45) is 3.38. The zero-order valence-electron chi connectivity index (χ0n) is 7.95. The average Bonchev–Trinajstić information content (AvgIpc) is 2.76. The topological polar surface area (TPSA) is 99.8 Å². The molecular weight excluding hydrogens is 184 g/mol. The van der Waals surface area contributed by atoms with Crippen LogP contribution in [0.1, 0.15) is 18.6 Å². The van der Waals surface area contributed by atoms with Crippen molar-refractivity contribution in [3.63, 3.8) is 0 Å². The van der Waals surface area contributed by atoms with Gasteiger partial charge in [0.15, 0.2) is 0 Å². The van der Waals surface area contributed by atoms with Crippen LogP contribution in [-0.2, 0) is 11.3 Å². The summed E-state index contributed by atoms with van der Waals surface area (Å²) in [6.45, 7) is 1.38. The van der Waals surface area contributed by atoms with Crippen molar-refractivity contribution in [2.75, 3.05) is 6.54 Å². The lowest BCUT2D eigenvalue weighted by molar-refractivity contribution is -0.119. The zero-order valence-corrected chi connectivity index (χ0v) is 7.95. The molecule has 1 aliphatic rings. The molecule has 0 aromatic carbocycles. The molecule has 0 saturated carbocycles. The molecular formula is C9H16N2O3. The molecule has 14 heavy (non-hydrogen) atoms. The van der Waals surface area contributed by atoms with Crippen molar-refractivity contribution in [1.29, 1.82) is 0 Å². The SMILES string of the molecule is NCc1ccco1.O.O=C1CCCN1. The Morgan fingerprint density at radius 3 is 2.57 bits per heavy atom. The summed E-state index contributed by atoms with van der Waals surface area (Å²) in [6, 6.07) is 3.67. The first-order valence-corrected chi connectivity index (χ1v) is 4.32. The van der Waals surface area contributed by atoms with E-state index in [2.05, 4.69) is 5.32 Å². The quantitative estimate of drug-likeness (QED) is 0.657. The van der Waals surface area contributed by atoms with Gasteiger partial charge in [0.05, 0.1) is 12.8 Å². The zero-order chi connectivity index (χ0) is 9.52. The lowest BCUT2D eigenvalue weighted by Crippen LogP contribution is -2.12. The van der Waals surface area contributed by atoms with Gasteiger partial charge in [-0.2, -0.15) is 0 Å². The molecule has 0 aliphatic carbocycles. The highest BCUT2D eigenvalue weighted by Crippen LogP contribution is 1.95. The lowest BCUT2D eigenvalue weighted by Gasteiger charge is -1.80. The molecule has 0 bridgehead atoms. The van der Waals surface area contributed by atoms with Gasteiger partial charge in [0.25, 0.3) is 0 Å². The average molecular weight is 200 g/mol. The second-order valence-corrected chi connectivity index (χ2v) is 2.74. The van der Waals surface area contributed by atoms with E-state index >= 15 is 0 Å². The molecule has 1 aliphatic heterocycles. The third-order valence-corrected chi connectivity index (χ3v) is 1.68. The van der Waals surface area contributed by atoms with E-state index in [4.69, 9.17) is 10.2 Å². The maximum Gasteiger partial charge on any atom is 0.220 e. The van der Waals surface area contributed by atoms with Gasteiger partial charge in [-0.15, -0.1) is 0 Å². The van der Waals surface area contributed by atoms with E-state index in [1.165, 1.54) is 0 Å². The minimum atomic E-state index is 0. The molecule has 1 fully saturated rings. The van der Waals surface area contributed by atoms with Gasteiger partial charge in [0.2, 0.25) is 5.91 Å². The van der Waals surface area contributed by atoms with Crippen LogP contribution >= 0.6 is 0 Å². The standard InChI is InChI=1S/C5H7NO.C4H7NO.H2O/c6-4-5-2-1-3-7-5;6-4-2-1-3-5-4;/h1-3H,4,6H2;1-3H2,(H,5,6);1H2. The Kier molecular flexibility index (Phi) is 6.43. The van der Waals surface area contributed by atoms with Crippen LogP contribution in [0.4, 0.5) is 0 Å². The van der Waals surface area contributed by atoms with E-state index < -0.39 is 0 Å². The molecule has 0 spiro atoms. The first-order chi connectivity index (χ1) is 6.33. The Balaban J connectivity index is 0.000000227. The molecule has 0 atom stereocenters. The van der Waals surface area contributed by atoms with E-state index in [1.807, 2.05) is 12.1 Å². The van der Waals surface area contributed by atoms with Crippen LogP contribution in [0.3, 0.4) is 0 Å². The summed E-state index contributed by atoms with van der Waals surface area (Å²) < 4.78 is 4.86. The van der Waals surface area contributed by atoms with Crippen LogP contribution in [0.25, 0.3) is 0 Å². The van der Waals surface area contributed by atoms with Crippen molar-refractivity contribution >= 4 is 5.91 Å². The Hall–Kier alpha value is -1.33. The van der Waals surface area contributed by atoms with Gasteiger partial charge in [-0.25, -0.2) is 0 Å². The van der Waals surface area contributed by atoms with Gasteiger partial charge in [-0.1, -0.05) is 0 Å². The minimum absolute atomic E-state index is 0. The fraction of sp³-hybridized carbons (Fsp3) is 0.444. The van der Waals surface area contributed by atoms with Crippen LogP contribution in [-0.4, -0.2) is 17.9 Å². The maximum atomic E-state index is 10.1. The number of nitrogens with two attached hydrogens (primary N) is 1. The summed E-state index contributed by atoms with van der Waals surface area (Å²) in [5.41, 5.74) is 5.20. The summed E-state index contributed by atoms with van der Waals surface area (Å²) in [5.74, 6) is 1.04. The maximum absolute atomic E-state index is 10.1. The Labute approximate surface area is 82.6 Å². The summed E-state index contributed by atoms with van der Waals surface area (Å²) >= 11 is 0. The van der Waals surface area contributed by atoms with Gasteiger partial charge in [0, 0.05) is 13.0 Å². The van der Waals surface area contributed by atoms with Crippen LogP contribution in [0.2, 0.25) is 0 Å². The van der Waals surface area contributed by atoms with E-state index in [0.29, 0.717) is 6.54 Å². The van der Waals surface area contributed by atoms with Crippen molar-refractivity contribution in [2.45, 2.75) is 19.4 Å². The van der Waals surface area contributed by atoms with Gasteiger partial charge in [0.1, 0.15) is 5.76 Å². The van der Waals surface area contributed by atoms with Gasteiger partial charge in [-0.05, 0) is 18.6 Å². The van der Waals surface area contributed by atoms with E-state index in [9.17, 15) is 4.79 Å². The second kappa shape index (κ2) is 7.11. The van der Waals surface area contributed by atoms with Crippen molar-refractivity contribution in [3.8, 4) is 0 Å². The Bertz CT molecular complexity index is 239. The molecule has 0 radical (unpaired) electrons. The number of carbonyl (C=O) groups is 1. The van der Waals surface area contributed by atoms with Crippen molar-refractivity contribution in [2.24, 2.45) is 5.73 Å². The largest absolute Gasteiger partial charge is 0.468 e. The number of amides is 1. The highest BCUT2D eigenvalue weighted by Gasteiger charge is 2.05. The van der Waals surface area contributed by atoms with Gasteiger partial charge < -0.3 is 20.9 Å². The number of hydrogen-bond acceptors (Lipinski definition) is 3. The van der Waals surface area contributed by atoms with Crippen LogP contribution in [0.5, 0.6) is 0 Å². The summed E-state index contributed by atoms with van der Waals surface area (Å²) in [7, 11) is 0.